The first-order chi connectivity index (χ1) is 14.9. The molecule has 2 aliphatic heterocycles. The average Bonchev–Trinajstić information content (AvgIpc) is 3.05. The summed E-state index contributed by atoms with van der Waals surface area (Å²) in [5.74, 6) is 4.20. The number of nitrogens with one attached hydrogen (secondary N) is 2. The van der Waals surface area contributed by atoms with Gasteiger partial charge < -0.3 is 20.0 Å². The van der Waals surface area contributed by atoms with E-state index in [0.29, 0.717) is 12.0 Å². The molecule has 0 bridgehead atoms. The van der Waals surface area contributed by atoms with Crippen molar-refractivity contribution in [3.05, 3.63) is 17.3 Å². The number of hydrogen-bond acceptors (Lipinski definition) is 5. The molecule has 0 unspecified atom stereocenters. The topological polar surface area (TPSA) is 68.9 Å². The second-order valence-corrected chi connectivity index (χ2v) is 9.80. The number of oxazole rings is 1. The molecule has 0 spiro atoms. The van der Waals surface area contributed by atoms with E-state index in [0.717, 1.165) is 61.9 Å². The Morgan fingerprint density at radius 3 is 2.31 bits per heavy atom. The number of aryl methyl sites for hydroxylation is 2. The molecular formula is C24H45IN6O. The lowest BCUT2D eigenvalue weighted by Gasteiger charge is -2.34. The van der Waals surface area contributed by atoms with E-state index in [-0.39, 0.29) is 24.0 Å². The van der Waals surface area contributed by atoms with Crippen molar-refractivity contribution >= 4 is 29.9 Å². The zero-order chi connectivity index (χ0) is 22.2. The molecule has 1 aromatic heterocycles. The summed E-state index contributed by atoms with van der Waals surface area (Å²) in [6, 6.07) is 0.538. The van der Waals surface area contributed by atoms with E-state index in [1.54, 1.807) is 0 Å². The molecule has 7 nitrogen and oxygen atoms in total. The van der Waals surface area contributed by atoms with Crippen LogP contribution in [0.1, 0.15) is 63.8 Å². The van der Waals surface area contributed by atoms with Gasteiger partial charge >= 0.3 is 0 Å². The van der Waals surface area contributed by atoms with Crippen LogP contribution >= 0.6 is 24.0 Å². The van der Waals surface area contributed by atoms with Gasteiger partial charge in [-0.1, -0.05) is 13.8 Å². The lowest BCUT2D eigenvalue weighted by molar-refractivity contribution is 0.166. The van der Waals surface area contributed by atoms with E-state index < -0.39 is 0 Å². The number of aliphatic imine (C=N–C) groups is 1. The van der Waals surface area contributed by atoms with Gasteiger partial charge in [-0.2, -0.15) is 0 Å². The second kappa shape index (κ2) is 13.7. The number of aromatic nitrogens is 1. The highest BCUT2D eigenvalue weighted by Crippen LogP contribution is 2.20. The van der Waals surface area contributed by atoms with Crippen LogP contribution in [0.2, 0.25) is 0 Å². The molecule has 3 heterocycles. The molecule has 32 heavy (non-hydrogen) atoms. The molecule has 1 aromatic rings. The number of guanidine groups is 1. The highest BCUT2D eigenvalue weighted by molar-refractivity contribution is 14.0. The third-order valence-electron chi connectivity index (χ3n) is 6.54. The normalized spacial score (nSPS) is 19.9. The third-order valence-corrected chi connectivity index (χ3v) is 6.54. The van der Waals surface area contributed by atoms with Gasteiger partial charge in [-0.15, -0.1) is 24.0 Å². The second-order valence-electron chi connectivity index (χ2n) is 9.80. The molecule has 0 aromatic carbocycles. The third kappa shape index (κ3) is 8.82. The Bertz CT molecular complexity index is 671. The monoisotopic (exact) mass is 560 g/mol. The van der Waals surface area contributed by atoms with Gasteiger partial charge in [-0.25, -0.2) is 4.98 Å². The molecule has 3 rings (SSSR count). The minimum Gasteiger partial charge on any atom is -0.444 e. The molecule has 2 fully saturated rings. The molecule has 0 amide bonds. The van der Waals surface area contributed by atoms with Crippen LogP contribution in [0.4, 0.5) is 0 Å². The van der Waals surface area contributed by atoms with Crippen LogP contribution in [0.15, 0.2) is 9.41 Å². The number of piperidine rings is 2. The number of rotatable bonds is 8. The van der Waals surface area contributed by atoms with Gasteiger partial charge in [0.25, 0.3) is 0 Å². The first-order valence-electron chi connectivity index (χ1n) is 12.3. The standard InChI is InChI=1S/C24H44N6O.HI/c1-6-25-24(28-22-9-13-29(14-10-22)16-18(2)3)26-15-21-7-11-30(12-8-21)17-23-27-19(4)20(5)31-23;/h18,21-22H,6-17H2,1-5H3,(H2,25,26,28);1H. The van der Waals surface area contributed by atoms with Crippen molar-refractivity contribution in [3.8, 4) is 0 Å². The van der Waals surface area contributed by atoms with Crippen LogP contribution in [-0.2, 0) is 6.54 Å². The molecular weight excluding hydrogens is 515 g/mol. The average molecular weight is 561 g/mol. The smallest absolute Gasteiger partial charge is 0.208 e. The quantitative estimate of drug-likeness (QED) is 0.287. The van der Waals surface area contributed by atoms with Gasteiger partial charge in [0.1, 0.15) is 5.76 Å². The predicted octanol–water partition coefficient (Wildman–Crippen LogP) is 3.80. The summed E-state index contributed by atoms with van der Waals surface area (Å²) in [4.78, 5) is 14.5. The maximum Gasteiger partial charge on any atom is 0.208 e. The summed E-state index contributed by atoms with van der Waals surface area (Å²) in [5.41, 5.74) is 1.01. The Morgan fingerprint density at radius 2 is 1.75 bits per heavy atom. The molecule has 2 saturated heterocycles. The number of likely N-dealkylation sites (tertiary alicyclic amines) is 2. The highest BCUT2D eigenvalue weighted by atomic mass is 127. The fourth-order valence-corrected chi connectivity index (χ4v) is 4.64. The van der Waals surface area contributed by atoms with Crippen molar-refractivity contribution in [2.24, 2.45) is 16.8 Å². The van der Waals surface area contributed by atoms with Crippen molar-refractivity contribution in [2.75, 3.05) is 45.8 Å². The molecule has 184 valence electrons. The van der Waals surface area contributed by atoms with E-state index >= 15 is 0 Å². The van der Waals surface area contributed by atoms with Gasteiger partial charge in [0, 0.05) is 38.8 Å². The first kappa shape index (κ1) is 27.4. The molecule has 0 saturated carbocycles. The summed E-state index contributed by atoms with van der Waals surface area (Å²) in [6.07, 6.45) is 4.79. The predicted molar refractivity (Wildman–Crippen MR) is 143 cm³/mol. The Labute approximate surface area is 212 Å². The maximum atomic E-state index is 5.75. The summed E-state index contributed by atoms with van der Waals surface area (Å²) in [6.45, 7) is 19.2. The van der Waals surface area contributed by atoms with Crippen LogP contribution in [0.3, 0.4) is 0 Å². The van der Waals surface area contributed by atoms with Gasteiger partial charge in [-0.05, 0) is 71.4 Å². The lowest BCUT2D eigenvalue weighted by Crippen LogP contribution is -2.49. The Morgan fingerprint density at radius 1 is 1.09 bits per heavy atom. The minimum atomic E-state index is 0. The van der Waals surface area contributed by atoms with E-state index in [1.807, 2.05) is 13.8 Å². The largest absolute Gasteiger partial charge is 0.444 e. The van der Waals surface area contributed by atoms with Crippen LogP contribution in [0, 0.1) is 25.7 Å². The summed E-state index contributed by atoms with van der Waals surface area (Å²) in [5, 5.41) is 7.16. The minimum absolute atomic E-state index is 0. The molecule has 0 aliphatic carbocycles. The fourth-order valence-electron chi connectivity index (χ4n) is 4.64. The van der Waals surface area contributed by atoms with E-state index in [9.17, 15) is 0 Å². The molecule has 8 heteroatoms. The van der Waals surface area contributed by atoms with Crippen molar-refractivity contribution in [1.29, 1.82) is 0 Å². The summed E-state index contributed by atoms with van der Waals surface area (Å²) in [7, 11) is 0. The molecule has 2 N–H and O–H groups in total. The Balaban J connectivity index is 0.00000363. The summed E-state index contributed by atoms with van der Waals surface area (Å²) >= 11 is 0. The SMILES string of the molecule is CCNC(=NCC1CCN(Cc2nc(C)c(C)o2)CC1)NC1CCN(CC(C)C)CC1.I. The van der Waals surface area contributed by atoms with E-state index in [1.165, 1.54) is 45.3 Å². The fraction of sp³-hybridized carbons (Fsp3) is 0.833. The van der Waals surface area contributed by atoms with Crippen molar-refractivity contribution in [1.82, 2.24) is 25.4 Å². The van der Waals surface area contributed by atoms with Crippen LogP contribution < -0.4 is 10.6 Å². The van der Waals surface area contributed by atoms with Crippen LogP contribution in [-0.4, -0.2) is 72.6 Å². The van der Waals surface area contributed by atoms with E-state index in [2.05, 4.69) is 46.2 Å². The zero-order valence-corrected chi connectivity index (χ0v) is 23.2. The van der Waals surface area contributed by atoms with Crippen molar-refractivity contribution in [3.63, 3.8) is 0 Å². The van der Waals surface area contributed by atoms with Crippen LogP contribution in [0.5, 0.6) is 0 Å². The Hall–Kier alpha value is -0.870. The zero-order valence-electron chi connectivity index (χ0n) is 20.8. The van der Waals surface area contributed by atoms with Crippen molar-refractivity contribution in [2.45, 2.75) is 72.9 Å². The highest BCUT2D eigenvalue weighted by Gasteiger charge is 2.22. The van der Waals surface area contributed by atoms with Gasteiger partial charge in [0.2, 0.25) is 5.89 Å². The van der Waals surface area contributed by atoms with Gasteiger partial charge in [0.15, 0.2) is 5.96 Å². The maximum absolute atomic E-state index is 5.75. The Kier molecular flexibility index (Phi) is 11.8. The molecule has 2 aliphatic rings. The number of halogens is 1. The first-order valence-corrected chi connectivity index (χ1v) is 12.3. The number of nitrogens with zero attached hydrogens (tertiary/aromatic N) is 4. The molecule has 0 atom stereocenters. The van der Waals surface area contributed by atoms with Gasteiger partial charge in [-0.3, -0.25) is 9.89 Å². The molecule has 0 radical (unpaired) electrons. The van der Waals surface area contributed by atoms with Crippen molar-refractivity contribution < 1.29 is 4.42 Å². The summed E-state index contributed by atoms with van der Waals surface area (Å²) < 4.78 is 5.75. The number of hydrogen-bond donors (Lipinski definition) is 2. The van der Waals surface area contributed by atoms with E-state index in [4.69, 9.17) is 9.41 Å². The lowest BCUT2D eigenvalue weighted by atomic mass is 9.97. The van der Waals surface area contributed by atoms with Gasteiger partial charge in [0.05, 0.1) is 12.2 Å². The van der Waals surface area contributed by atoms with Crippen LogP contribution in [0.25, 0.3) is 0 Å².